The third kappa shape index (κ3) is 5.52. The maximum atomic E-state index is 13.6. The second kappa shape index (κ2) is 9.89. The molecule has 0 aliphatic carbocycles. The number of hydrogen-bond acceptors (Lipinski definition) is 7. The summed E-state index contributed by atoms with van der Waals surface area (Å²) in [5, 5.41) is 5.76. The van der Waals surface area contributed by atoms with Crippen molar-refractivity contribution in [1.82, 2.24) is 24.8 Å². The van der Waals surface area contributed by atoms with Gasteiger partial charge in [0.2, 0.25) is 5.95 Å². The molecule has 0 radical (unpaired) electrons. The molecule has 1 fully saturated rings. The third-order valence-corrected chi connectivity index (χ3v) is 5.87. The molecule has 2 atom stereocenters. The van der Waals surface area contributed by atoms with Crippen molar-refractivity contribution in [3.05, 3.63) is 65.7 Å². The number of benzene rings is 1. The molecule has 5 rings (SSSR count). The second-order valence-electron chi connectivity index (χ2n) is 9.01. The summed E-state index contributed by atoms with van der Waals surface area (Å²) in [6.45, 7) is 4.84. The number of aromatic amines is 1. The summed E-state index contributed by atoms with van der Waals surface area (Å²) in [6.07, 6.45) is -1.96. The molecule has 198 valence electrons. The van der Waals surface area contributed by atoms with Gasteiger partial charge < -0.3 is 25.3 Å². The van der Waals surface area contributed by atoms with E-state index < -0.39 is 17.6 Å². The van der Waals surface area contributed by atoms with Crippen LogP contribution in [0.15, 0.2) is 48.8 Å². The monoisotopic (exact) mass is 529 g/mol. The lowest BCUT2D eigenvalue weighted by Crippen LogP contribution is -2.48. The van der Waals surface area contributed by atoms with Gasteiger partial charge in [-0.3, -0.25) is 4.79 Å². The van der Waals surface area contributed by atoms with Gasteiger partial charge in [0.1, 0.15) is 17.5 Å². The van der Waals surface area contributed by atoms with Gasteiger partial charge in [0.25, 0.3) is 5.91 Å². The van der Waals surface area contributed by atoms with Crippen molar-refractivity contribution in [2.75, 3.05) is 23.7 Å². The van der Waals surface area contributed by atoms with E-state index in [9.17, 15) is 22.4 Å². The van der Waals surface area contributed by atoms with Gasteiger partial charge in [-0.25, -0.2) is 19.3 Å². The predicted molar refractivity (Wildman–Crippen MR) is 132 cm³/mol. The van der Waals surface area contributed by atoms with Gasteiger partial charge in [-0.15, -0.1) is 0 Å². The van der Waals surface area contributed by atoms with E-state index in [1.54, 1.807) is 17.0 Å². The topological polar surface area (TPSA) is 108 Å². The number of alkyl halides is 3. The number of rotatable bonds is 5. The van der Waals surface area contributed by atoms with Crippen LogP contribution in [0.25, 0.3) is 11.0 Å². The number of ether oxygens (including phenoxy) is 1. The number of anilines is 4. The van der Waals surface area contributed by atoms with Crippen LogP contribution in [0.1, 0.15) is 29.8 Å². The molecule has 38 heavy (non-hydrogen) atoms. The van der Waals surface area contributed by atoms with Crippen LogP contribution in [0.3, 0.4) is 0 Å². The number of nitrogens with one attached hydrogen (secondary N) is 3. The van der Waals surface area contributed by atoms with Gasteiger partial charge in [0.05, 0.1) is 35.0 Å². The molecule has 3 N–H and O–H groups in total. The first kappa shape index (κ1) is 25.4. The molecule has 4 aromatic rings. The highest BCUT2D eigenvalue weighted by atomic mass is 19.4. The van der Waals surface area contributed by atoms with E-state index in [4.69, 9.17) is 4.74 Å². The Bertz CT molecular complexity index is 1480. The summed E-state index contributed by atoms with van der Waals surface area (Å²) in [4.78, 5) is 30.6. The normalized spacial score (nSPS) is 18.0. The summed E-state index contributed by atoms with van der Waals surface area (Å²) >= 11 is 0. The lowest BCUT2D eigenvalue weighted by atomic mass is 10.1. The van der Waals surface area contributed by atoms with Crippen LogP contribution in [0.4, 0.5) is 40.8 Å². The van der Waals surface area contributed by atoms with Crippen LogP contribution in [-0.2, 0) is 10.9 Å². The molecule has 0 unspecified atom stereocenters. The molecule has 1 aliphatic heterocycles. The summed E-state index contributed by atoms with van der Waals surface area (Å²) in [5.41, 5.74) is 0.129. The average molecular weight is 529 g/mol. The van der Waals surface area contributed by atoms with Crippen molar-refractivity contribution in [3.63, 3.8) is 0 Å². The molecule has 0 spiro atoms. The highest BCUT2D eigenvalue weighted by molar-refractivity contribution is 5.95. The number of fused-ring (bicyclic) bond motifs is 1. The van der Waals surface area contributed by atoms with E-state index in [1.807, 2.05) is 13.8 Å². The minimum atomic E-state index is -4.82. The van der Waals surface area contributed by atoms with Gasteiger partial charge in [-0.05, 0) is 44.2 Å². The average Bonchev–Trinajstić information content (AvgIpc) is 3.25. The fourth-order valence-corrected chi connectivity index (χ4v) is 4.28. The Balaban J connectivity index is 1.31. The van der Waals surface area contributed by atoms with Crippen LogP contribution in [0, 0.1) is 5.82 Å². The van der Waals surface area contributed by atoms with Crippen molar-refractivity contribution < 1.29 is 27.1 Å². The molecule has 1 amide bonds. The number of pyridine rings is 2. The van der Waals surface area contributed by atoms with E-state index in [-0.39, 0.29) is 29.6 Å². The third-order valence-electron chi connectivity index (χ3n) is 5.87. The van der Waals surface area contributed by atoms with E-state index in [2.05, 4.69) is 30.6 Å². The van der Waals surface area contributed by atoms with Crippen molar-refractivity contribution in [2.24, 2.45) is 0 Å². The van der Waals surface area contributed by atoms with Crippen LogP contribution in [0.5, 0.6) is 0 Å². The van der Waals surface area contributed by atoms with Gasteiger partial charge in [-0.2, -0.15) is 13.2 Å². The summed E-state index contributed by atoms with van der Waals surface area (Å²) in [7, 11) is 0. The zero-order chi connectivity index (χ0) is 27.0. The second-order valence-corrected chi connectivity index (χ2v) is 9.01. The highest BCUT2D eigenvalue weighted by Crippen LogP contribution is 2.33. The minimum absolute atomic E-state index is 0.0224. The van der Waals surface area contributed by atoms with Crippen molar-refractivity contribution in [1.29, 1.82) is 0 Å². The lowest BCUT2D eigenvalue weighted by molar-refractivity contribution is -0.139. The SMILES string of the molecule is C[C@@H]1CN(C(=O)c2ccnc(Nc3nc4cc(Nc5ccc(F)c(C(F)(F)F)c5)ncc4[nH]3)c2)C[C@H](C)O1. The molecular weight excluding hydrogens is 506 g/mol. The first-order chi connectivity index (χ1) is 18.0. The van der Waals surface area contributed by atoms with E-state index in [0.717, 1.165) is 6.07 Å². The standard InChI is InChI=1S/C25H23F4N7O2/c1-13-11-36(12-14(2)38-13)23(37)15-5-6-30-21(7-15)35-24-33-19-9-22(31-10-20(19)34-24)32-16-3-4-18(26)17(8-16)25(27,28)29/h3-10,13-14H,11-12H2,1-2H3,(H,31,32)(H2,30,33,34,35)/t13-,14+. The van der Waals surface area contributed by atoms with E-state index >= 15 is 0 Å². The highest BCUT2D eigenvalue weighted by Gasteiger charge is 2.34. The van der Waals surface area contributed by atoms with E-state index in [0.29, 0.717) is 47.5 Å². The Morgan fingerprint density at radius 3 is 2.53 bits per heavy atom. The number of H-pyrrole nitrogens is 1. The molecule has 3 aromatic heterocycles. The molecule has 0 saturated carbocycles. The fraction of sp³-hybridized carbons (Fsp3) is 0.280. The van der Waals surface area contributed by atoms with Crippen molar-refractivity contribution in [2.45, 2.75) is 32.2 Å². The quantitative estimate of drug-likeness (QED) is 0.303. The molecular formula is C25H23F4N7O2. The summed E-state index contributed by atoms with van der Waals surface area (Å²) in [5.74, 6) is -0.554. The number of morpholine rings is 1. The Morgan fingerprint density at radius 1 is 1.05 bits per heavy atom. The number of nitrogens with zero attached hydrogens (tertiary/aromatic N) is 4. The first-order valence-electron chi connectivity index (χ1n) is 11.7. The van der Waals surface area contributed by atoms with Gasteiger partial charge in [0, 0.05) is 36.6 Å². The maximum Gasteiger partial charge on any atom is 0.419 e. The molecule has 1 aliphatic rings. The Kier molecular flexibility index (Phi) is 6.61. The number of aromatic nitrogens is 4. The maximum absolute atomic E-state index is 13.6. The van der Waals surface area contributed by atoms with Crippen LogP contribution < -0.4 is 10.6 Å². The summed E-state index contributed by atoms with van der Waals surface area (Å²) in [6, 6.07) is 7.40. The first-order valence-corrected chi connectivity index (χ1v) is 11.7. The molecule has 1 saturated heterocycles. The molecule has 0 bridgehead atoms. The zero-order valence-electron chi connectivity index (χ0n) is 20.3. The number of hydrogen-bond donors (Lipinski definition) is 3. The molecule has 13 heteroatoms. The fourth-order valence-electron chi connectivity index (χ4n) is 4.28. The molecule has 4 heterocycles. The largest absolute Gasteiger partial charge is 0.419 e. The molecule has 1 aromatic carbocycles. The number of amides is 1. The van der Waals surface area contributed by atoms with E-state index in [1.165, 1.54) is 24.5 Å². The van der Waals surface area contributed by atoms with Crippen LogP contribution in [-0.4, -0.2) is 56.0 Å². The number of halogens is 4. The Morgan fingerprint density at radius 2 is 1.79 bits per heavy atom. The lowest BCUT2D eigenvalue weighted by Gasteiger charge is -2.35. The van der Waals surface area contributed by atoms with Gasteiger partial charge >= 0.3 is 6.18 Å². The Labute approximate surface area is 214 Å². The Hall–Kier alpha value is -4.26. The predicted octanol–water partition coefficient (Wildman–Crippen LogP) is 5.25. The zero-order valence-corrected chi connectivity index (χ0v) is 20.3. The van der Waals surface area contributed by atoms with Gasteiger partial charge in [0.15, 0.2) is 0 Å². The van der Waals surface area contributed by atoms with Crippen molar-refractivity contribution >= 4 is 40.2 Å². The number of carbonyl (C=O) groups excluding carboxylic acids is 1. The smallest absolute Gasteiger partial charge is 0.372 e. The van der Waals surface area contributed by atoms with Crippen molar-refractivity contribution in [3.8, 4) is 0 Å². The number of imidazole rings is 1. The number of carbonyl (C=O) groups is 1. The summed E-state index contributed by atoms with van der Waals surface area (Å²) < 4.78 is 58.3. The van der Waals surface area contributed by atoms with Crippen LogP contribution in [0.2, 0.25) is 0 Å². The molecule has 9 nitrogen and oxygen atoms in total. The van der Waals surface area contributed by atoms with Crippen LogP contribution >= 0.6 is 0 Å². The van der Waals surface area contributed by atoms with Gasteiger partial charge in [-0.1, -0.05) is 0 Å². The minimum Gasteiger partial charge on any atom is -0.372 e.